The minimum atomic E-state index is -0.587. The number of hydrogen-bond donors (Lipinski definition) is 1. The Morgan fingerprint density at radius 1 is 1.37 bits per heavy atom. The minimum Gasteiger partial charge on any atom is -0.444 e. The van der Waals surface area contributed by atoms with Crippen LogP contribution in [-0.4, -0.2) is 66.3 Å². The maximum Gasteiger partial charge on any atom is 0.410 e. The Morgan fingerprint density at radius 3 is 2.74 bits per heavy atom. The Morgan fingerprint density at radius 2 is 2.11 bits per heavy atom. The van der Waals surface area contributed by atoms with Gasteiger partial charge in [-0.2, -0.15) is 5.26 Å². The molecule has 7 heteroatoms. The summed E-state index contributed by atoms with van der Waals surface area (Å²) in [5.74, 6) is -0.587. The van der Waals surface area contributed by atoms with Crippen molar-refractivity contribution in [2.75, 3.05) is 32.7 Å². The molecule has 2 unspecified atom stereocenters. The molecule has 2 atom stereocenters. The number of nitrogens with one attached hydrogen (secondary N) is 1. The van der Waals surface area contributed by atoms with E-state index in [0.29, 0.717) is 13.1 Å². The van der Waals surface area contributed by atoms with Gasteiger partial charge in [-0.05, 0) is 33.8 Å². The van der Waals surface area contributed by atoms with Gasteiger partial charge in [0.15, 0.2) is 0 Å². The highest BCUT2D eigenvalue weighted by Crippen LogP contribution is 2.21. The Hall–Kier alpha value is -2.17. The van der Waals surface area contributed by atoms with E-state index in [0.717, 1.165) is 19.6 Å². The lowest BCUT2D eigenvalue weighted by molar-refractivity contribution is -0.0118. The number of piperazine rings is 2. The molecule has 1 N–H and O–H groups in total. The summed E-state index contributed by atoms with van der Waals surface area (Å²) in [6.45, 7) is 11.0. The fraction of sp³-hybridized carbons (Fsp3) is 0.600. The smallest absolute Gasteiger partial charge is 0.410 e. The van der Waals surface area contributed by atoms with Gasteiger partial charge in [0.2, 0.25) is 0 Å². The van der Waals surface area contributed by atoms with E-state index in [1.807, 2.05) is 26.8 Å². The second-order valence-corrected chi connectivity index (χ2v) is 7.77. The standard InChI is InChI=1S/C20H29FN4O2/c1-5-15(11-22)18(21)8-6-7-16-13-24-10-9-23-12-17(24)14-25(16)19(26)27-20(2,3)4/h5-8,16-17,23H,9-10,12-14H2,1-4H3. The van der Waals surface area contributed by atoms with E-state index in [2.05, 4.69) is 10.2 Å². The average molecular weight is 376 g/mol. The van der Waals surface area contributed by atoms with E-state index in [1.165, 1.54) is 12.2 Å². The largest absolute Gasteiger partial charge is 0.444 e. The van der Waals surface area contributed by atoms with Gasteiger partial charge >= 0.3 is 6.09 Å². The normalized spacial score (nSPS) is 25.3. The fourth-order valence-corrected chi connectivity index (χ4v) is 3.23. The number of allylic oxidation sites excluding steroid dienone is 5. The number of amides is 1. The van der Waals surface area contributed by atoms with Crippen LogP contribution in [-0.2, 0) is 4.74 Å². The predicted octanol–water partition coefficient (Wildman–Crippen LogP) is 2.76. The first-order valence-corrected chi connectivity index (χ1v) is 9.30. The number of halogens is 1. The number of ether oxygens (including phenoxy) is 1. The van der Waals surface area contributed by atoms with Gasteiger partial charge in [0.1, 0.15) is 17.5 Å². The molecule has 0 aromatic rings. The Bertz CT molecular complexity index is 672. The van der Waals surface area contributed by atoms with Crippen molar-refractivity contribution in [2.24, 2.45) is 0 Å². The van der Waals surface area contributed by atoms with E-state index in [1.54, 1.807) is 24.0 Å². The molecule has 2 rings (SSSR count). The van der Waals surface area contributed by atoms with Crippen LogP contribution < -0.4 is 5.32 Å². The molecule has 6 nitrogen and oxygen atoms in total. The van der Waals surface area contributed by atoms with Crippen LogP contribution in [0.4, 0.5) is 9.18 Å². The highest BCUT2D eigenvalue weighted by molar-refractivity contribution is 5.69. The van der Waals surface area contributed by atoms with Gasteiger partial charge in [-0.25, -0.2) is 9.18 Å². The molecule has 0 aliphatic carbocycles. The monoisotopic (exact) mass is 376 g/mol. The highest BCUT2D eigenvalue weighted by Gasteiger charge is 2.37. The van der Waals surface area contributed by atoms with Crippen molar-refractivity contribution in [1.82, 2.24) is 15.1 Å². The minimum absolute atomic E-state index is 0.00513. The van der Waals surface area contributed by atoms with Crippen LogP contribution in [0.15, 0.2) is 35.7 Å². The fourth-order valence-electron chi connectivity index (χ4n) is 3.23. The summed E-state index contributed by atoms with van der Waals surface area (Å²) < 4.78 is 19.5. The summed E-state index contributed by atoms with van der Waals surface area (Å²) in [5, 5.41) is 12.2. The molecule has 2 aliphatic rings. The predicted molar refractivity (Wildman–Crippen MR) is 103 cm³/mol. The second kappa shape index (κ2) is 9.16. The third-order valence-corrected chi connectivity index (χ3v) is 4.57. The Labute approximate surface area is 160 Å². The topological polar surface area (TPSA) is 68.6 Å². The quantitative estimate of drug-likeness (QED) is 0.606. The molecule has 0 radical (unpaired) electrons. The second-order valence-electron chi connectivity index (χ2n) is 7.77. The van der Waals surface area contributed by atoms with Gasteiger partial charge < -0.3 is 10.1 Å². The lowest BCUT2D eigenvalue weighted by Crippen LogP contribution is -2.65. The third-order valence-electron chi connectivity index (χ3n) is 4.57. The van der Waals surface area contributed by atoms with Gasteiger partial charge in [0.25, 0.3) is 0 Å². The molecule has 0 saturated carbocycles. The van der Waals surface area contributed by atoms with Crippen molar-refractivity contribution in [1.29, 1.82) is 5.26 Å². The van der Waals surface area contributed by atoms with Gasteiger partial charge in [-0.3, -0.25) is 9.80 Å². The van der Waals surface area contributed by atoms with E-state index >= 15 is 0 Å². The number of carbonyl (C=O) groups is 1. The van der Waals surface area contributed by atoms with E-state index in [4.69, 9.17) is 10.00 Å². The third kappa shape index (κ3) is 5.91. The maximum absolute atomic E-state index is 14.0. The first-order valence-electron chi connectivity index (χ1n) is 9.30. The summed E-state index contributed by atoms with van der Waals surface area (Å²) in [7, 11) is 0. The molecule has 0 spiro atoms. The molecule has 2 aliphatic heterocycles. The molecular weight excluding hydrogens is 347 g/mol. The average Bonchev–Trinajstić information content (AvgIpc) is 2.60. The molecule has 2 heterocycles. The SMILES string of the molecule is CC=C(C#N)C(F)=CC=CC1CN2CCNCC2CN1C(=O)OC(C)(C)C. The Kier molecular flexibility index (Phi) is 7.17. The van der Waals surface area contributed by atoms with Crippen LogP contribution in [0.25, 0.3) is 0 Å². The number of fused-ring (bicyclic) bond motifs is 1. The van der Waals surface area contributed by atoms with Crippen LogP contribution in [0.3, 0.4) is 0 Å². The van der Waals surface area contributed by atoms with Gasteiger partial charge in [-0.15, -0.1) is 0 Å². The number of carbonyl (C=O) groups excluding carboxylic acids is 1. The van der Waals surface area contributed by atoms with Gasteiger partial charge in [0.05, 0.1) is 11.6 Å². The van der Waals surface area contributed by atoms with Crippen LogP contribution >= 0.6 is 0 Å². The van der Waals surface area contributed by atoms with Crippen molar-refractivity contribution in [3.63, 3.8) is 0 Å². The van der Waals surface area contributed by atoms with Crippen LogP contribution in [0.2, 0.25) is 0 Å². The number of nitrogens with zero attached hydrogens (tertiary/aromatic N) is 3. The zero-order chi connectivity index (χ0) is 20.0. The first-order chi connectivity index (χ1) is 12.7. The molecule has 0 bridgehead atoms. The summed E-state index contributed by atoms with van der Waals surface area (Å²) in [6, 6.07) is 1.85. The molecule has 0 aromatic carbocycles. The molecule has 27 heavy (non-hydrogen) atoms. The lowest BCUT2D eigenvalue weighted by atomic mass is 10.0. The lowest BCUT2D eigenvalue weighted by Gasteiger charge is -2.47. The van der Waals surface area contributed by atoms with Crippen LogP contribution in [0.1, 0.15) is 27.7 Å². The number of nitriles is 1. The van der Waals surface area contributed by atoms with Crippen LogP contribution in [0.5, 0.6) is 0 Å². The summed E-state index contributed by atoms with van der Waals surface area (Å²) in [4.78, 5) is 16.7. The summed E-state index contributed by atoms with van der Waals surface area (Å²) in [6.07, 6.45) is 5.69. The highest BCUT2D eigenvalue weighted by atomic mass is 19.1. The van der Waals surface area contributed by atoms with Crippen molar-refractivity contribution in [3.05, 3.63) is 35.7 Å². The zero-order valence-electron chi connectivity index (χ0n) is 16.5. The van der Waals surface area contributed by atoms with Crippen molar-refractivity contribution in [3.8, 4) is 6.07 Å². The first kappa shape index (κ1) is 21.1. The number of hydrogen-bond acceptors (Lipinski definition) is 5. The molecular formula is C20H29FN4O2. The molecule has 2 saturated heterocycles. The molecule has 1 amide bonds. The van der Waals surface area contributed by atoms with E-state index in [-0.39, 0.29) is 23.8 Å². The zero-order valence-corrected chi connectivity index (χ0v) is 16.5. The number of rotatable bonds is 3. The molecule has 2 fully saturated rings. The Balaban J connectivity index is 2.17. The van der Waals surface area contributed by atoms with Crippen LogP contribution in [0, 0.1) is 11.3 Å². The van der Waals surface area contributed by atoms with Crippen molar-refractivity contribution >= 4 is 6.09 Å². The van der Waals surface area contributed by atoms with E-state index in [9.17, 15) is 9.18 Å². The van der Waals surface area contributed by atoms with Gasteiger partial charge in [-0.1, -0.05) is 18.2 Å². The summed E-state index contributed by atoms with van der Waals surface area (Å²) >= 11 is 0. The molecule has 148 valence electrons. The van der Waals surface area contributed by atoms with E-state index < -0.39 is 11.4 Å². The van der Waals surface area contributed by atoms with Gasteiger partial charge in [0, 0.05) is 38.8 Å². The van der Waals surface area contributed by atoms with Crippen molar-refractivity contribution < 1.29 is 13.9 Å². The summed E-state index contributed by atoms with van der Waals surface area (Å²) in [5.41, 5.74) is -0.582. The molecule has 0 aromatic heterocycles. The maximum atomic E-state index is 14.0. The van der Waals surface area contributed by atoms with Crippen molar-refractivity contribution in [2.45, 2.75) is 45.4 Å².